The van der Waals surface area contributed by atoms with Crippen LogP contribution in [0.4, 0.5) is 0 Å². The van der Waals surface area contributed by atoms with Crippen LogP contribution >= 0.6 is 11.6 Å². The van der Waals surface area contributed by atoms with Crippen molar-refractivity contribution in [3.8, 4) is 11.5 Å². The van der Waals surface area contributed by atoms with E-state index in [-0.39, 0.29) is 35.9 Å². The number of amides is 1. The van der Waals surface area contributed by atoms with E-state index in [0.29, 0.717) is 22.1 Å². The zero-order valence-corrected chi connectivity index (χ0v) is 19.2. The van der Waals surface area contributed by atoms with Crippen molar-refractivity contribution in [1.29, 1.82) is 0 Å². The molecule has 1 amide bonds. The number of fused-ring (bicyclic) bond motifs is 1. The predicted molar refractivity (Wildman–Crippen MR) is 124 cm³/mol. The quantitative estimate of drug-likeness (QED) is 0.559. The first-order chi connectivity index (χ1) is 15.3. The Balaban J connectivity index is 2.25. The second kappa shape index (κ2) is 9.91. The summed E-state index contributed by atoms with van der Waals surface area (Å²) in [5, 5.41) is 3.52. The first-order valence-electron chi connectivity index (χ1n) is 10.2. The van der Waals surface area contributed by atoms with E-state index in [4.69, 9.17) is 21.1 Å². The van der Waals surface area contributed by atoms with E-state index in [9.17, 15) is 14.4 Å². The van der Waals surface area contributed by atoms with Crippen LogP contribution in [0.2, 0.25) is 5.02 Å². The molecule has 1 unspecified atom stereocenters. The van der Waals surface area contributed by atoms with Gasteiger partial charge in [0, 0.05) is 17.1 Å². The smallest absolute Gasteiger partial charge is 0.332 e. The Morgan fingerprint density at radius 1 is 1.09 bits per heavy atom. The third kappa shape index (κ3) is 4.65. The second-order valence-corrected chi connectivity index (χ2v) is 7.86. The lowest BCUT2D eigenvalue weighted by Crippen LogP contribution is -2.44. The van der Waals surface area contributed by atoms with Gasteiger partial charge in [0.15, 0.2) is 11.5 Å². The normalized spacial score (nSPS) is 11.9. The topological polar surface area (TPSA) is 91.6 Å². The second-order valence-electron chi connectivity index (χ2n) is 7.45. The number of benzene rings is 2. The van der Waals surface area contributed by atoms with Crippen LogP contribution in [0.1, 0.15) is 25.8 Å². The van der Waals surface area contributed by atoms with E-state index in [1.54, 1.807) is 24.3 Å². The summed E-state index contributed by atoms with van der Waals surface area (Å²) in [6.07, 6.45) is 0.748. The van der Waals surface area contributed by atoms with Crippen LogP contribution in [-0.2, 0) is 17.9 Å². The molecule has 0 saturated carbocycles. The summed E-state index contributed by atoms with van der Waals surface area (Å²) in [5.74, 6) is 0.356. The molecule has 3 aromatic rings. The molecule has 0 aliphatic rings. The Morgan fingerprint density at radius 2 is 1.75 bits per heavy atom. The van der Waals surface area contributed by atoms with Crippen molar-refractivity contribution in [3.05, 3.63) is 67.8 Å². The molecule has 0 bridgehead atoms. The Kier molecular flexibility index (Phi) is 7.25. The van der Waals surface area contributed by atoms with Crippen molar-refractivity contribution < 1.29 is 14.3 Å². The molecule has 170 valence electrons. The highest BCUT2D eigenvalue weighted by atomic mass is 35.5. The van der Waals surface area contributed by atoms with Gasteiger partial charge in [0.25, 0.3) is 5.56 Å². The van der Waals surface area contributed by atoms with Gasteiger partial charge in [-0.05, 0) is 31.0 Å². The molecule has 3 rings (SSSR count). The third-order valence-electron chi connectivity index (χ3n) is 5.34. The first-order valence-corrected chi connectivity index (χ1v) is 10.6. The SMILES string of the molecule is CCC(C)NC(=O)Cn1c(=O)n(Cc2ccccc2Cl)c(=O)c2cc(OC)c(OC)cc21. The zero-order valence-electron chi connectivity index (χ0n) is 18.5. The van der Waals surface area contributed by atoms with E-state index in [2.05, 4.69) is 5.32 Å². The van der Waals surface area contributed by atoms with Crippen LogP contribution in [0.25, 0.3) is 10.9 Å². The molecular formula is C23H26ClN3O5. The molecule has 1 heterocycles. The molecule has 0 spiro atoms. The van der Waals surface area contributed by atoms with Gasteiger partial charge in [-0.15, -0.1) is 0 Å². The third-order valence-corrected chi connectivity index (χ3v) is 5.71. The van der Waals surface area contributed by atoms with E-state index in [1.807, 2.05) is 13.8 Å². The van der Waals surface area contributed by atoms with E-state index >= 15 is 0 Å². The minimum atomic E-state index is -0.617. The van der Waals surface area contributed by atoms with Crippen LogP contribution in [0, 0.1) is 0 Å². The standard InChI is InChI=1S/C23H26ClN3O5/c1-5-14(2)25-21(28)13-26-18-11-20(32-4)19(31-3)10-16(18)22(29)27(23(26)30)12-15-8-6-7-9-17(15)24/h6-11,14H,5,12-13H2,1-4H3,(H,25,28). The summed E-state index contributed by atoms with van der Waals surface area (Å²) in [5.41, 5.74) is -0.227. The number of ether oxygens (including phenoxy) is 2. The largest absolute Gasteiger partial charge is 0.493 e. The summed E-state index contributed by atoms with van der Waals surface area (Å²) in [7, 11) is 2.92. The summed E-state index contributed by atoms with van der Waals surface area (Å²) in [4.78, 5) is 39.3. The maximum Gasteiger partial charge on any atom is 0.332 e. The lowest BCUT2D eigenvalue weighted by molar-refractivity contribution is -0.122. The molecule has 1 N–H and O–H groups in total. The molecule has 8 nitrogen and oxygen atoms in total. The predicted octanol–water partition coefficient (Wildman–Crippen LogP) is 2.80. The highest BCUT2D eigenvalue weighted by Crippen LogP contribution is 2.30. The number of nitrogens with zero attached hydrogens (tertiary/aromatic N) is 2. The minimum Gasteiger partial charge on any atom is -0.493 e. The number of methoxy groups -OCH3 is 2. The van der Waals surface area contributed by atoms with Gasteiger partial charge < -0.3 is 14.8 Å². The first kappa shape index (κ1) is 23.4. The molecule has 0 aliphatic carbocycles. The van der Waals surface area contributed by atoms with Crippen molar-refractivity contribution in [3.63, 3.8) is 0 Å². The van der Waals surface area contributed by atoms with Gasteiger partial charge in [-0.25, -0.2) is 4.79 Å². The fourth-order valence-corrected chi connectivity index (χ4v) is 3.59. The Labute approximate surface area is 190 Å². The number of carbonyl (C=O) groups is 1. The highest BCUT2D eigenvalue weighted by Gasteiger charge is 2.19. The van der Waals surface area contributed by atoms with Gasteiger partial charge in [-0.3, -0.25) is 18.7 Å². The summed E-state index contributed by atoms with van der Waals surface area (Å²) >= 11 is 6.26. The number of rotatable bonds is 8. The van der Waals surface area contributed by atoms with Crippen LogP contribution in [0.15, 0.2) is 46.0 Å². The average Bonchev–Trinajstić information content (AvgIpc) is 2.79. The van der Waals surface area contributed by atoms with Crippen LogP contribution in [0.5, 0.6) is 11.5 Å². The fraction of sp³-hybridized carbons (Fsp3) is 0.348. The minimum absolute atomic E-state index is 0.0331. The van der Waals surface area contributed by atoms with Crippen molar-refractivity contribution >= 4 is 28.4 Å². The Bertz CT molecular complexity index is 1260. The van der Waals surface area contributed by atoms with Gasteiger partial charge in [-0.1, -0.05) is 36.7 Å². The average molecular weight is 460 g/mol. The monoisotopic (exact) mass is 459 g/mol. The van der Waals surface area contributed by atoms with Gasteiger partial charge in [0.05, 0.1) is 31.7 Å². The number of carbonyl (C=O) groups excluding carboxylic acids is 1. The van der Waals surface area contributed by atoms with Gasteiger partial charge in [0.1, 0.15) is 6.54 Å². The fourth-order valence-electron chi connectivity index (χ4n) is 3.40. The lowest BCUT2D eigenvalue weighted by Gasteiger charge is -2.17. The molecular weight excluding hydrogens is 434 g/mol. The molecule has 0 radical (unpaired) electrons. The maximum absolute atomic E-state index is 13.4. The molecule has 1 aromatic heterocycles. The lowest BCUT2D eigenvalue weighted by atomic mass is 10.2. The van der Waals surface area contributed by atoms with Crippen molar-refractivity contribution in [1.82, 2.24) is 14.5 Å². The van der Waals surface area contributed by atoms with Crippen molar-refractivity contribution in [2.75, 3.05) is 14.2 Å². The van der Waals surface area contributed by atoms with Crippen LogP contribution in [0.3, 0.4) is 0 Å². The molecule has 0 saturated heterocycles. The zero-order chi connectivity index (χ0) is 23.4. The number of aromatic nitrogens is 2. The van der Waals surface area contributed by atoms with E-state index in [1.165, 1.54) is 30.9 Å². The van der Waals surface area contributed by atoms with E-state index in [0.717, 1.165) is 11.0 Å². The Hall–Kier alpha value is -3.26. The Morgan fingerprint density at radius 3 is 2.38 bits per heavy atom. The van der Waals surface area contributed by atoms with Gasteiger partial charge >= 0.3 is 5.69 Å². The van der Waals surface area contributed by atoms with E-state index < -0.39 is 11.2 Å². The summed E-state index contributed by atoms with van der Waals surface area (Å²) in [6, 6.07) is 9.98. The summed E-state index contributed by atoms with van der Waals surface area (Å²) < 4.78 is 13.0. The number of hydrogen-bond donors (Lipinski definition) is 1. The molecule has 1 atom stereocenters. The van der Waals surface area contributed by atoms with Gasteiger partial charge in [-0.2, -0.15) is 0 Å². The van der Waals surface area contributed by atoms with Gasteiger partial charge in [0.2, 0.25) is 5.91 Å². The van der Waals surface area contributed by atoms with Crippen LogP contribution in [-0.4, -0.2) is 35.3 Å². The van der Waals surface area contributed by atoms with Crippen LogP contribution < -0.4 is 26.0 Å². The number of hydrogen-bond acceptors (Lipinski definition) is 5. The molecule has 0 aliphatic heterocycles. The summed E-state index contributed by atoms with van der Waals surface area (Å²) in [6.45, 7) is 3.55. The molecule has 0 fully saturated rings. The van der Waals surface area contributed by atoms with Crippen molar-refractivity contribution in [2.24, 2.45) is 0 Å². The molecule has 32 heavy (non-hydrogen) atoms. The van der Waals surface area contributed by atoms with Crippen molar-refractivity contribution in [2.45, 2.75) is 39.4 Å². The molecule has 2 aromatic carbocycles. The highest BCUT2D eigenvalue weighted by molar-refractivity contribution is 6.31. The molecule has 9 heteroatoms. The number of halogens is 1. The number of nitrogens with one attached hydrogen (secondary N) is 1. The maximum atomic E-state index is 13.4.